The first-order valence-electron chi connectivity index (χ1n) is 5.37. The highest BCUT2D eigenvalue weighted by Crippen LogP contribution is 2.19. The van der Waals surface area contributed by atoms with Crippen molar-refractivity contribution in [1.82, 2.24) is 9.78 Å². The first kappa shape index (κ1) is 10.5. The molecule has 0 aliphatic rings. The summed E-state index contributed by atoms with van der Waals surface area (Å²) < 4.78 is 2.05. The second-order valence-electron chi connectivity index (χ2n) is 3.57. The lowest BCUT2D eigenvalue weighted by molar-refractivity contribution is 0.665. The monoisotopic (exact) mass is 222 g/mol. The van der Waals surface area contributed by atoms with Crippen LogP contribution in [0.15, 0.2) is 24.3 Å². The van der Waals surface area contributed by atoms with Crippen molar-refractivity contribution in [3.05, 3.63) is 30.0 Å². The molecule has 3 heteroatoms. The number of aryl methyl sites for hydroxylation is 2. The van der Waals surface area contributed by atoms with Gasteiger partial charge in [-0.15, -0.1) is 11.6 Å². The van der Waals surface area contributed by atoms with Gasteiger partial charge in [0.05, 0.1) is 11.2 Å². The first-order valence-corrected chi connectivity index (χ1v) is 5.90. The number of fused-ring (bicyclic) bond motifs is 1. The maximum atomic E-state index is 5.71. The average molecular weight is 223 g/mol. The van der Waals surface area contributed by atoms with Crippen molar-refractivity contribution >= 4 is 22.5 Å². The maximum Gasteiger partial charge on any atom is 0.0703 e. The van der Waals surface area contributed by atoms with E-state index in [0.29, 0.717) is 5.88 Å². The van der Waals surface area contributed by atoms with E-state index in [1.54, 1.807) is 0 Å². The third-order valence-electron chi connectivity index (χ3n) is 2.58. The third kappa shape index (κ3) is 2.00. The Hall–Kier alpha value is -1.02. The van der Waals surface area contributed by atoms with E-state index in [0.717, 1.165) is 19.4 Å². The van der Waals surface area contributed by atoms with E-state index < -0.39 is 0 Å². The molecule has 0 saturated carbocycles. The van der Waals surface area contributed by atoms with Gasteiger partial charge in [-0.25, -0.2) is 0 Å². The van der Waals surface area contributed by atoms with Crippen molar-refractivity contribution in [2.45, 2.75) is 26.3 Å². The molecule has 1 heterocycles. The molecule has 0 saturated heterocycles. The normalized spacial score (nSPS) is 11.1. The van der Waals surface area contributed by atoms with Gasteiger partial charge < -0.3 is 0 Å². The van der Waals surface area contributed by atoms with Crippen molar-refractivity contribution in [1.29, 1.82) is 0 Å². The van der Waals surface area contributed by atoms with Gasteiger partial charge in [0.2, 0.25) is 0 Å². The fourth-order valence-electron chi connectivity index (χ4n) is 1.86. The van der Waals surface area contributed by atoms with Crippen LogP contribution in [0.1, 0.15) is 19.0 Å². The fourth-order valence-corrected chi connectivity index (χ4v) is 1.99. The lowest BCUT2D eigenvalue weighted by Gasteiger charge is -1.95. The molecular formula is C12H15ClN2. The summed E-state index contributed by atoms with van der Waals surface area (Å²) in [5.41, 5.74) is 2.40. The van der Waals surface area contributed by atoms with Crippen LogP contribution < -0.4 is 0 Å². The van der Waals surface area contributed by atoms with Crippen LogP contribution in [0.5, 0.6) is 0 Å². The number of hydrogen-bond donors (Lipinski definition) is 0. The average Bonchev–Trinajstić information content (AvgIpc) is 2.65. The van der Waals surface area contributed by atoms with Gasteiger partial charge in [-0.05, 0) is 25.8 Å². The predicted molar refractivity (Wildman–Crippen MR) is 64.4 cm³/mol. The zero-order valence-corrected chi connectivity index (χ0v) is 9.67. The van der Waals surface area contributed by atoms with Gasteiger partial charge in [-0.3, -0.25) is 4.68 Å². The summed E-state index contributed by atoms with van der Waals surface area (Å²) in [7, 11) is 0. The summed E-state index contributed by atoms with van der Waals surface area (Å²) in [6.07, 6.45) is 1.96. The van der Waals surface area contributed by atoms with E-state index in [4.69, 9.17) is 11.6 Å². The number of para-hydroxylation sites is 1. The van der Waals surface area contributed by atoms with Crippen LogP contribution >= 0.6 is 11.6 Å². The van der Waals surface area contributed by atoms with Crippen LogP contribution in [0.2, 0.25) is 0 Å². The molecular weight excluding hydrogens is 208 g/mol. The largest absolute Gasteiger partial charge is 0.265 e. The summed E-state index contributed by atoms with van der Waals surface area (Å²) in [6.45, 7) is 3.03. The van der Waals surface area contributed by atoms with Crippen LogP contribution in [-0.2, 0) is 13.0 Å². The Kier molecular flexibility index (Phi) is 3.27. The quantitative estimate of drug-likeness (QED) is 0.727. The number of hydrogen-bond acceptors (Lipinski definition) is 1. The number of benzene rings is 1. The molecule has 1 aromatic carbocycles. The molecule has 80 valence electrons. The minimum atomic E-state index is 0.702. The summed E-state index contributed by atoms with van der Waals surface area (Å²) in [5.74, 6) is 0.702. The van der Waals surface area contributed by atoms with Crippen molar-refractivity contribution in [2.75, 3.05) is 5.88 Å². The van der Waals surface area contributed by atoms with Crippen molar-refractivity contribution in [3.8, 4) is 0 Å². The van der Waals surface area contributed by atoms with Crippen LogP contribution in [-0.4, -0.2) is 15.7 Å². The van der Waals surface area contributed by atoms with E-state index in [1.807, 2.05) is 0 Å². The Bertz CT molecular complexity index is 448. The molecule has 0 aliphatic heterocycles. The van der Waals surface area contributed by atoms with Gasteiger partial charge in [0, 0.05) is 17.8 Å². The van der Waals surface area contributed by atoms with Crippen LogP contribution in [0.25, 0.3) is 10.9 Å². The molecule has 2 aromatic rings. The molecule has 15 heavy (non-hydrogen) atoms. The first-order chi connectivity index (χ1) is 7.36. The van der Waals surface area contributed by atoms with Gasteiger partial charge in [0.25, 0.3) is 0 Å². The molecule has 0 spiro atoms. The number of nitrogens with zero attached hydrogens (tertiary/aromatic N) is 2. The van der Waals surface area contributed by atoms with Crippen LogP contribution in [0.4, 0.5) is 0 Å². The smallest absolute Gasteiger partial charge is 0.0703 e. The number of rotatable bonds is 4. The Morgan fingerprint density at radius 3 is 2.87 bits per heavy atom. The SMILES string of the molecule is CCn1nc(CCCCl)c2ccccc21. The molecule has 0 unspecified atom stereocenters. The minimum Gasteiger partial charge on any atom is -0.265 e. The minimum absolute atomic E-state index is 0.702. The van der Waals surface area contributed by atoms with Crippen LogP contribution in [0, 0.1) is 0 Å². The maximum absolute atomic E-state index is 5.71. The second-order valence-corrected chi connectivity index (χ2v) is 3.95. The van der Waals surface area contributed by atoms with E-state index in [2.05, 4.69) is 41.0 Å². The molecule has 0 radical (unpaired) electrons. The zero-order valence-electron chi connectivity index (χ0n) is 8.91. The highest BCUT2D eigenvalue weighted by molar-refractivity contribution is 6.17. The van der Waals surface area contributed by atoms with E-state index >= 15 is 0 Å². The van der Waals surface area contributed by atoms with Gasteiger partial charge in [-0.2, -0.15) is 5.10 Å². The number of aromatic nitrogens is 2. The topological polar surface area (TPSA) is 17.8 Å². The molecule has 0 aliphatic carbocycles. The Labute approximate surface area is 94.8 Å². The summed E-state index contributed by atoms with van der Waals surface area (Å²) in [5, 5.41) is 5.87. The second kappa shape index (κ2) is 4.67. The number of alkyl halides is 1. The molecule has 0 amide bonds. The molecule has 2 rings (SSSR count). The van der Waals surface area contributed by atoms with Gasteiger partial charge in [0.1, 0.15) is 0 Å². The lowest BCUT2D eigenvalue weighted by Crippen LogP contribution is -1.97. The van der Waals surface area contributed by atoms with Gasteiger partial charge >= 0.3 is 0 Å². The standard InChI is InChI=1S/C12H15ClN2/c1-2-15-12-8-4-3-6-10(12)11(14-15)7-5-9-13/h3-4,6,8H,2,5,7,9H2,1H3. The summed E-state index contributed by atoms with van der Waals surface area (Å²) >= 11 is 5.71. The van der Waals surface area contributed by atoms with Crippen molar-refractivity contribution < 1.29 is 0 Å². The number of halogens is 1. The third-order valence-corrected chi connectivity index (χ3v) is 2.85. The molecule has 0 N–H and O–H groups in total. The predicted octanol–water partition coefficient (Wildman–Crippen LogP) is 3.23. The highest BCUT2D eigenvalue weighted by atomic mass is 35.5. The van der Waals surface area contributed by atoms with Crippen molar-refractivity contribution in [2.24, 2.45) is 0 Å². The van der Waals surface area contributed by atoms with E-state index in [1.165, 1.54) is 16.6 Å². The fraction of sp³-hybridized carbons (Fsp3) is 0.417. The summed E-state index contributed by atoms with van der Waals surface area (Å²) in [6, 6.07) is 8.38. The molecule has 1 aromatic heterocycles. The molecule has 0 bridgehead atoms. The Morgan fingerprint density at radius 1 is 1.33 bits per heavy atom. The molecule has 2 nitrogen and oxygen atoms in total. The summed E-state index contributed by atoms with van der Waals surface area (Å²) in [4.78, 5) is 0. The van der Waals surface area contributed by atoms with Gasteiger partial charge in [0.15, 0.2) is 0 Å². The lowest BCUT2D eigenvalue weighted by atomic mass is 10.1. The van der Waals surface area contributed by atoms with Crippen molar-refractivity contribution in [3.63, 3.8) is 0 Å². The van der Waals surface area contributed by atoms with E-state index in [-0.39, 0.29) is 0 Å². The molecule has 0 fully saturated rings. The Balaban J connectivity index is 2.45. The van der Waals surface area contributed by atoms with Gasteiger partial charge in [-0.1, -0.05) is 18.2 Å². The highest BCUT2D eigenvalue weighted by Gasteiger charge is 2.07. The molecule has 0 atom stereocenters. The zero-order chi connectivity index (χ0) is 10.7. The van der Waals surface area contributed by atoms with E-state index in [9.17, 15) is 0 Å². The van der Waals surface area contributed by atoms with Crippen LogP contribution in [0.3, 0.4) is 0 Å². The Morgan fingerprint density at radius 2 is 2.13 bits per heavy atom.